The quantitative estimate of drug-likeness (QED) is 0.0270. The zero-order valence-corrected chi connectivity index (χ0v) is 35.1. The van der Waals surface area contributed by atoms with Crippen molar-refractivity contribution in [3.05, 3.63) is 60.8 Å². The molecule has 0 aliphatic rings. The molecule has 0 saturated heterocycles. The summed E-state index contributed by atoms with van der Waals surface area (Å²) in [6.07, 6.45) is 46.9. The highest BCUT2D eigenvalue weighted by atomic mass is 31.2. The Labute approximate surface area is 329 Å². The Hall–Kier alpha value is -2.29. The van der Waals surface area contributed by atoms with Crippen LogP contribution in [0.1, 0.15) is 174 Å². The van der Waals surface area contributed by atoms with Crippen LogP contribution in [-0.4, -0.2) is 49.3 Å². The van der Waals surface area contributed by atoms with Crippen LogP contribution < -0.4 is 5.73 Å². The fraction of sp³-hybridized carbons (Fsp3) is 0.727. The zero-order chi connectivity index (χ0) is 39.6. The molecular formula is C44H78NO8P. The monoisotopic (exact) mass is 780 g/mol. The van der Waals surface area contributed by atoms with E-state index in [0.29, 0.717) is 12.8 Å². The number of rotatable bonds is 39. The predicted octanol–water partition coefficient (Wildman–Crippen LogP) is 12.1. The van der Waals surface area contributed by atoms with E-state index in [9.17, 15) is 19.0 Å². The minimum absolute atomic E-state index is 0.0428. The number of carbonyl (C=O) groups is 2. The van der Waals surface area contributed by atoms with Gasteiger partial charge in [0.15, 0.2) is 6.10 Å². The Bertz CT molecular complexity index is 1070. The summed E-state index contributed by atoms with van der Waals surface area (Å²) in [5.74, 6) is -0.896. The van der Waals surface area contributed by atoms with Gasteiger partial charge in [0.05, 0.1) is 13.2 Å². The summed E-state index contributed by atoms with van der Waals surface area (Å²) in [5.41, 5.74) is 5.34. The largest absolute Gasteiger partial charge is 0.472 e. The zero-order valence-electron chi connectivity index (χ0n) is 34.2. The number of hydrogen-bond donors (Lipinski definition) is 2. The summed E-state index contributed by atoms with van der Waals surface area (Å²) < 4.78 is 32.7. The molecule has 54 heavy (non-hydrogen) atoms. The molecule has 1 unspecified atom stereocenters. The van der Waals surface area contributed by atoms with Gasteiger partial charge in [-0.3, -0.25) is 18.6 Å². The molecule has 0 aromatic heterocycles. The van der Waals surface area contributed by atoms with Crippen LogP contribution in [0, 0.1) is 0 Å². The van der Waals surface area contributed by atoms with E-state index in [4.69, 9.17) is 24.3 Å². The SMILES string of the molecule is CC/C=C/C/C=C/C/C=C/C/C=C/C/C=C/CCCC(=O)O[C@H](COC(=O)CCCCCCCCCCCCCCCCCC)COP(=O)(O)OCCN. The average Bonchev–Trinajstić information content (AvgIpc) is 3.16. The Kier molecular flexibility index (Phi) is 38.7. The van der Waals surface area contributed by atoms with Crippen molar-refractivity contribution in [2.45, 2.75) is 180 Å². The van der Waals surface area contributed by atoms with Gasteiger partial charge in [0.25, 0.3) is 0 Å². The number of ether oxygens (including phenoxy) is 2. The molecule has 0 amide bonds. The second-order valence-electron chi connectivity index (χ2n) is 13.8. The number of esters is 2. The molecule has 0 aromatic carbocycles. The van der Waals surface area contributed by atoms with Crippen molar-refractivity contribution < 1.29 is 37.6 Å². The smallest absolute Gasteiger partial charge is 0.462 e. The van der Waals surface area contributed by atoms with Gasteiger partial charge in [-0.2, -0.15) is 0 Å². The maximum Gasteiger partial charge on any atom is 0.472 e. The molecule has 312 valence electrons. The molecule has 0 fully saturated rings. The topological polar surface area (TPSA) is 134 Å². The molecule has 2 atom stereocenters. The van der Waals surface area contributed by atoms with Crippen molar-refractivity contribution in [1.29, 1.82) is 0 Å². The van der Waals surface area contributed by atoms with E-state index in [0.717, 1.165) is 51.4 Å². The van der Waals surface area contributed by atoms with Crippen molar-refractivity contribution in [1.82, 2.24) is 0 Å². The summed E-state index contributed by atoms with van der Waals surface area (Å²) in [7, 11) is -4.39. The minimum Gasteiger partial charge on any atom is -0.462 e. The second-order valence-corrected chi connectivity index (χ2v) is 15.3. The van der Waals surface area contributed by atoms with Gasteiger partial charge in [0.2, 0.25) is 0 Å². The highest BCUT2D eigenvalue weighted by Gasteiger charge is 2.25. The molecule has 0 spiro atoms. The summed E-state index contributed by atoms with van der Waals surface area (Å²) in [5, 5.41) is 0. The second kappa shape index (κ2) is 40.4. The van der Waals surface area contributed by atoms with Crippen LogP contribution >= 0.6 is 7.82 Å². The van der Waals surface area contributed by atoms with Crippen LogP contribution in [0.25, 0.3) is 0 Å². The third-order valence-corrected chi connectivity index (χ3v) is 9.65. The van der Waals surface area contributed by atoms with Crippen molar-refractivity contribution in [3.8, 4) is 0 Å². The Balaban J connectivity index is 4.26. The molecule has 9 nitrogen and oxygen atoms in total. The highest BCUT2D eigenvalue weighted by molar-refractivity contribution is 7.47. The van der Waals surface area contributed by atoms with Crippen molar-refractivity contribution >= 4 is 19.8 Å². The molecule has 0 heterocycles. The molecule has 0 saturated carbocycles. The van der Waals surface area contributed by atoms with Crippen molar-refractivity contribution in [3.63, 3.8) is 0 Å². The third kappa shape index (κ3) is 39.4. The molecule has 0 aliphatic carbocycles. The Morgan fingerprint density at radius 2 is 1.02 bits per heavy atom. The summed E-state index contributed by atoms with van der Waals surface area (Å²) in [6, 6.07) is 0. The number of hydrogen-bond acceptors (Lipinski definition) is 8. The molecule has 10 heteroatoms. The Morgan fingerprint density at radius 1 is 0.574 bits per heavy atom. The first-order valence-electron chi connectivity index (χ1n) is 21.3. The molecular weight excluding hydrogens is 701 g/mol. The van der Waals surface area contributed by atoms with Gasteiger partial charge in [-0.15, -0.1) is 0 Å². The van der Waals surface area contributed by atoms with E-state index in [-0.39, 0.29) is 32.6 Å². The lowest BCUT2D eigenvalue weighted by atomic mass is 10.0. The van der Waals surface area contributed by atoms with Crippen LogP contribution in [0.3, 0.4) is 0 Å². The van der Waals surface area contributed by atoms with Gasteiger partial charge in [0, 0.05) is 19.4 Å². The van der Waals surface area contributed by atoms with Gasteiger partial charge in [0.1, 0.15) is 6.61 Å². The van der Waals surface area contributed by atoms with Crippen LogP contribution in [0.15, 0.2) is 60.8 Å². The number of nitrogens with two attached hydrogens (primary N) is 1. The lowest BCUT2D eigenvalue weighted by molar-refractivity contribution is -0.161. The lowest BCUT2D eigenvalue weighted by Crippen LogP contribution is -2.29. The first kappa shape index (κ1) is 51.7. The van der Waals surface area contributed by atoms with Gasteiger partial charge in [-0.1, -0.05) is 171 Å². The van der Waals surface area contributed by atoms with Crippen LogP contribution in [0.5, 0.6) is 0 Å². The van der Waals surface area contributed by atoms with Gasteiger partial charge >= 0.3 is 19.8 Å². The lowest BCUT2D eigenvalue weighted by Gasteiger charge is -2.19. The first-order valence-corrected chi connectivity index (χ1v) is 22.8. The van der Waals surface area contributed by atoms with Gasteiger partial charge in [-0.05, 0) is 51.4 Å². The summed E-state index contributed by atoms with van der Waals surface area (Å²) in [6.45, 7) is 3.55. The maximum absolute atomic E-state index is 12.5. The molecule has 0 radical (unpaired) electrons. The van der Waals surface area contributed by atoms with E-state index in [1.165, 1.54) is 83.5 Å². The number of phosphoric acid groups is 1. The summed E-state index contributed by atoms with van der Waals surface area (Å²) in [4.78, 5) is 34.8. The van der Waals surface area contributed by atoms with Crippen LogP contribution in [0.4, 0.5) is 0 Å². The Morgan fingerprint density at radius 3 is 1.50 bits per heavy atom. The highest BCUT2D eigenvalue weighted by Crippen LogP contribution is 2.43. The number of allylic oxidation sites excluding steroid dienone is 10. The fourth-order valence-electron chi connectivity index (χ4n) is 5.55. The normalized spacial score (nSPS) is 13.9. The fourth-order valence-corrected chi connectivity index (χ4v) is 6.32. The summed E-state index contributed by atoms with van der Waals surface area (Å²) >= 11 is 0. The van der Waals surface area contributed by atoms with Crippen molar-refractivity contribution in [2.75, 3.05) is 26.4 Å². The van der Waals surface area contributed by atoms with E-state index in [2.05, 4.69) is 68.5 Å². The van der Waals surface area contributed by atoms with Gasteiger partial charge in [-0.25, -0.2) is 4.57 Å². The minimum atomic E-state index is -4.39. The maximum atomic E-state index is 12.5. The number of phosphoric ester groups is 1. The first-order chi connectivity index (χ1) is 26.3. The molecule has 0 bridgehead atoms. The van der Waals surface area contributed by atoms with Gasteiger partial charge < -0.3 is 20.1 Å². The average molecular weight is 780 g/mol. The van der Waals surface area contributed by atoms with Crippen LogP contribution in [-0.2, 0) is 32.7 Å². The molecule has 0 rings (SSSR count). The van der Waals surface area contributed by atoms with E-state index < -0.39 is 32.5 Å². The standard InChI is InChI=1S/C44H78NO8P/c1-3-5-7-9-11-13-15-17-19-21-23-25-27-29-31-33-35-37-44(47)53-42(41-52-54(48,49)51-39-38-45)40-50-43(46)36-34-32-30-28-26-24-22-20-18-16-14-12-10-8-6-4-2/h5,7,11,13,17,19,23,25,29,31,42H,3-4,6,8-10,12,14-16,18,20-22,24,26-28,30,32-41,45H2,1-2H3,(H,48,49)/b7-5+,13-11+,19-17+,25-23+,31-29+/t42-/m1/s1. The molecule has 0 aliphatic heterocycles. The molecule has 0 aromatic rings. The van der Waals surface area contributed by atoms with Crippen LogP contribution in [0.2, 0.25) is 0 Å². The van der Waals surface area contributed by atoms with Crippen molar-refractivity contribution in [2.24, 2.45) is 5.73 Å². The predicted molar refractivity (Wildman–Crippen MR) is 224 cm³/mol. The van der Waals surface area contributed by atoms with E-state index in [1.54, 1.807) is 0 Å². The number of unbranched alkanes of at least 4 members (excludes halogenated alkanes) is 16. The van der Waals surface area contributed by atoms with E-state index in [1.807, 2.05) is 6.08 Å². The number of carbonyl (C=O) groups excluding carboxylic acids is 2. The molecule has 3 N–H and O–H groups in total. The van der Waals surface area contributed by atoms with E-state index >= 15 is 0 Å². The third-order valence-electron chi connectivity index (χ3n) is 8.67.